The Labute approximate surface area is 184 Å². The molecule has 0 spiro atoms. The number of unbranched alkanes of at least 4 members (excludes halogenated alkanes) is 1. The first kappa shape index (κ1) is 20.9. The van der Waals surface area contributed by atoms with Crippen molar-refractivity contribution >= 4 is 17.3 Å². The summed E-state index contributed by atoms with van der Waals surface area (Å²) in [7, 11) is 0. The maximum Gasteiger partial charge on any atom is 0.0900 e. The number of halogens is 1. The summed E-state index contributed by atoms with van der Waals surface area (Å²) in [5, 5.41) is 9.10. The number of benzene rings is 2. The minimum atomic E-state index is 0.739. The second-order valence-corrected chi connectivity index (χ2v) is 8.48. The van der Waals surface area contributed by atoms with Crippen LogP contribution >= 0.6 is 11.6 Å². The molecule has 0 bridgehead atoms. The first-order chi connectivity index (χ1) is 14.6. The summed E-state index contributed by atoms with van der Waals surface area (Å²) >= 11 is 6.35. The summed E-state index contributed by atoms with van der Waals surface area (Å²) < 4.78 is 1.97. The van der Waals surface area contributed by atoms with E-state index in [-0.39, 0.29) is 0 Å². The topological polar surface area (TPSA) is 37.2 Å². The lowest BCUT2D eigenvalue weighted by molar-refractivity contribution is 0.250. The Morgan fingerprint density at radius 2 is 1.67 bits per heavy atom. The zero-order chi connectivity index (χ0) is 20.9. The smallest absolute Gasteiger partial charge is 0.0900 e. The largest absolute Gasteiger partial charge is 0.369 e. The number of hydrogen-bond acceptors (Lipinski definition) is 4. The predicted molar refractivity (Wildman–Crippen MR) is 124 cm³/mol. The van der Waals surface area contributed by atoms with Gasteiger partial charge in [-0.15, -0.1) is 5.10 Å². The van der Waals surface area contributed by atoms with Gasteiger partial charge in [0.05, 0.1) is 16.9 Å². The molecule has 158 valence electrons. The lowest BCUT2D eigenvalue weighted by Crippen LogP contribution is -2.46. The Morgan fingerprint density at radius 1 is 0.900 bits per heavy atom. The highest BCUT2D eigenvalue weighted by Gasteiger charge is 2.18. The van der Waals surface area contributed by atoms with Gasteiger partial charge in [-0.3, -0.25) is 4.90 Å². The number of hydrogen-bond donors (Lipinski definition) is 0. The van der Waals surface area contributed by atoms with Crippen LogP contribution in [-0.2, 0) is 6.54 Å². The second-order valence-electron chi connectivity index (χ2n) is 8.08. The van der Waals surface area contributed by atoms with Gasteiger partial charge in [-0.2, -0.15) is 0 Å². The summed E-state index contributed by atoms with van der Waals surface area (Å²) in [4.78, 5) is 5.11. The molecule has 2 heterocycles. The Balaban J connectivity index is 1.24. The highest BCUT2D eigenvalue weighted by atomic mass is 35.5. The monoisotopic (exact) mass is 423 g/mol. The van der Waals surface area contributed by atoms with Crippen LogP contribution < -0.4 is 4.90 Å². The molecule has 0 unspecified atom stereocenters. The van der Waals surface area contributed by atoms with Crippen molar-refractivity contribution in [2.75, 3.05) is 37.6 Å². The third kappa shape index (κ3) is 4.68. The van der Waals surface area contributed by atoms with Gasteiger partial charge in [-0.05, 0) is 56.5 Å². The molecule has 0 amide bonds. The van der Waals surface area contributed by atoms with Crippen LogP contribution in [0.3, 0.4) is 0 Å². The molecule has 3 aromatic rings. The normalized spacial score (nSPS) is 15.0. The van der Waals surface area contributed by atoms with Gasteiger partial charge >= 0.3 is 0 Å². The van der Waals surface area contributed by atoms with Crippen LogP contribution in [-0.4, -0.2) is 52.6 Å². The van der Waals surface area contributed by atoms with E-state index in [9.17, 15) is 0 Å². The first-order valence-electron chi connectivity index (χ1n) is 10.8. The third-order valence-corrected chi connectivity index (χ3v) is 6.48. The van der Waals surface area contributed by atoms with Crippen LogP contribution in [0.15, 0.2) is 48.7 Å². The third-order valence-electron chi connectivity index (χ3n) is 6.15. The van der Waals surface area contributed by atoms with Gasteiger partial charge in [0.1, 0.15) is 0 Å². The summed E-state index contributed by atoms with van der Waals surface area (Å²) in [5.74, 6) is 0. The van der Waals surface area contributed by atoms with Gasteiger partial charge in [0.25, 0.3) is 0 Å². The zero-order valence-electron chi connectivity index (χ0n) is 17.9. The van der Waals surface area contributed by atoms with Crippen molar-refractivity contribution in [1.29, 1.82) is 0 Å². The molecule has 4 rings (SSSR count). The molecule has 5 nitrogen and oxygen atoms in total. The Morgan fingerprint density at radius 3 is 2.47 bits per heavy atom. The van der Waals surface area contributed by atoms with Crippen LogP contribution in [0.25, 0.3) is 11.3 Å². The minimum absolute atomic E-state index is 0.739. The van der Waals surface area contributed by atoms with E-state index in [0.29, 0.717) is 0 Å². The Kier molecular flexibility index (Phi) is 6.70. The van der Waals surface area contributed by atoms with Gasteiger partial charge < -0.3 is 4.90 Å². The van der Waals surface area contributed by atoms with Crippen molar-refractivity contribution < 1.29 is 0 Å². The molecule has 2 aromatic carbocycles. The lowest BCUT2D eigenvalue weighted by Gasteiger charge is -2.37. The first-order valence-corrected chi connectivity index (χ1v) is 11.2. The van der Waals surface area contributed by atoms with Gasteiger partial charge in [0.15, 0.2) is 0 Å². The number of piperazine rings is 1. The fraction of sp³-hybridized carbons (Fsp3) is 0.417. The average molecular weight is 424 g/mol. The molecule has 0 saturated carbocycles. The zero-order valence-corrected chi connectivity index (χ0v) is 18.6. The predicted octanol–water partition coefficient (Wildman–Crippen LogP) is 4.82. The van der Waals surface area contributed by atoms with Crippen molar-refractivity contribution in [3.63, 3.8) is 0 Å². The standard InChI is InChI=1S/C24H30ClN5/c1-19-8-7-11-23(20(19)2)29-16-14-28(15-17-29)12-5-6-13-30-24(18-26-27-30)21-9-3-4-10-22(21)25/h3-4,7-11,18H,5-6,12-17H2,1-2H3. The van der Waals surface area contributed by atoms with Gasteiger partial charge in [0.2, 0.25) is 0 Å². The molecule has 0 aliphatic carbocycles. The van der Waals surface area contributed by atoms with Crippen LogP contribution in [0.5, 0.6) is 0 Å². The lowest BCUT2D eigenvalue weighted by atomic mass is 10.1. The molecule has 6 heteroatoms. The number of aryl methyl sites for hydroxylation is 2. The SMILES string of the molecule is Cc1cccc(N2CCN(CCCCn3nncc3-c3ccccc3Cl)CC2)c1C. The van der Waals surface area contributed by atoms with Crippen molar-refractivity contribution in [1.82, 2.24) is 19.9 Å². The average Bonchev–Trinajstić information content (AvgIpc) is 3.22. The Hall–Kier alpha value is -2.37. The van der Waals surface area contributed by atoms with Crippen molar-refractivity contribution in [2.45, 2.75) is 33.2 Å². The van der Waals surface area contributed by atoms with E-state index in [1.165, 1.54) is 16.8 Å². The summed E-state index contributed by atoms with van der Waals surface area (Å²) in [6.07, 6.45) is 4.04. The van der Waals surface area contributed by atoms with E-state index in [0.717, 1.165) is 68.4 Å². The molecule has 0 N–H and O–H groups in total. The van der Waals surface area contributed by atoms with Gasteiger partial charge in [-0.25, -0.2) is 4.68 Å². The van der Waals surface area contributed by atoms with Crippen LogP contribution in [0.4, 0.5) is 5.69 Å². The van der Waals surface area contributed by atoms with E-state index in [2.05, 4.69) is 52.2 Å². The minimum Gasteiger partial charge on any atom is -0.369 e. The number of rotatable bonds is 7. The molecular formula is C24H30ClN5. The van der Waals surface area contributed by atoms with Crippen LogP contribution in [0, 0.1) is 13.8 Å². The molecule has 1 aromatic heterocycles. The van der Waals surface area contributed by atoms with Gasteiger partial charge in [-0.1, -0.05) is 47.1 Å². The molecule has 0 atom stereocenters. The van der Waals surface area contributed by atoms with E-state index < -0.39 is 0 Å². The molecule has 1 saturated heterocycles. The maximum atomic E-state index is 6.35. The van der Waals surface area contributed by atoms with E-state index in [1.807, 2.05) is 28.9 Å². The van der Waals surface area contributed by atoms with E-state index in [1.54, 1.807) is 6.20 Å². The highest BCUT2D eigenvalue weighted by Crippen LogP contribution is 2.27. The van der Waals surface area contributed by atoms with Crippen LogP contribution in [0.1, 0.15) is 24.0 Å². The van der Waals surface area contributed by atoms with Crippen molar-refractivity contribution in [3.05, 3.63) is 64.8 Å². The van der Waals surface area contributed by atoms with Crippen molar-refractivity contribution in [3.8, 4) is 11.3 Å². The maximum absolute atomic E-state index is 6.35. The molecular weight excluding hydrogens is 394 g/mol. The van der Waals surface area contributed by atoms with E-state index >= 15 is 0 Å². The molecule has 0 radical (unpaired) electrons. The molecule has 30 heavy (non-hydrogen) atoms. The highest BCUT2D eigenvalue weighted by molar-refractivity contribution is 6.33. The fourth-order valence-corrected chi connectivity index (χ4v) is 4.42. The van der Waals surface area contributed by atoms with Crippen LogP contribution in [0.2, 0.25) is 5.02 Å². The summed E-state index contributed by atoms with van der Waals surface area (Å²) in [6.45, 7) is 10.9. The second kappa shape index (κ2) is 9.63. The molecule has 1 aliphatic heterocycles. The number of anilines is 1. The number of aromatic nitrogens is 3. The molecule has 1 aliphatic rings. The Bertz CT molecular complexity index is 975. The summed E-state index contributed by atoms with van der Waals surface area (Å²) in [6, 6.07) is 14.5. The summed E-state index contributed by atoms with van der Waals surface area (Å²) in [5.41, 5.74) is 6.16. The fourth-order valence-electron chi connectivity index (χ4n) is 4.19. The quantitative estimate of drug-likeness (QED) is 0.510. The van der Waals surface area contributed by atoms with Gasteiger partial charge in [0, 0.05) is 44.0 Å². The molecule has 1 fully saturated rings. The van der Waals surface area contributed by atoms with Crippen molar-refractivity contribution in [2.24, 2.45) is 0 Å². The number of nitrogens with zero attached hydrogens (tertiary/aromatic N) is 5. The van der Waals surface area contributed by atoms with E-state index in [4.69, 9.17) is 11.6 Å².